The van der Waals surface area contributed by atoms with Crippen molar-refractivity contribution in [2.24, 2.45) is 4.99 Å². The third-order valence-corrected chi connectivity index (χ3v) is 3.80. The zero-order chi connectivity index (χ0) is 13.5. The SMILES string of the molecule is CCOC(=O)CC1CSC(=NCc2ccccc2)N1. The summed E-state index contributed by atoms with van der Waals surface area (Å²) in [4.78, 5) is 15.9. The van der Waals surface area contributed by atoms with Gasteiger partial charge in [0.2, 0.25) is 0 Å². The zero-order valence-electron chi connectivity index (χ0n) is 11.0. The van der Waals surface area contributed by atoms with Crippen LogP contribution in [0.3, 0.4) is 0 Å². The van der Waals surface area contributed by atoms with Crippen LogP contribution in [0.5, 0.6) is 0 Å². The normalized spacial score (nSPS) is 20.3. The summed E-state index contributed by atoms with van der Waals surface area (Å²) in [6, 6.07) is 10.3. The van der Waals surface area contributed by atoms with Crippen LogP contribution in [0.1, 0.15) is 18.9 Å². The smallest absolute Gasteiger partial charge is 0.307 e. The first-order chi connectivity index (χ1) is 9.28. The van der Waals surface area contributed by atoms with Crippen LogP contribution in [-0.2, 0) is 16.1 Å². The molecule has 0 aliphatic carbocycles. The minimum atomic E-state index is -0.148. The van der Waals surface area contributed by atoms with Gasteiger partial charge in [-0.3, -0.25) is 9.79 Å². The molecule has 1 N–H and O–H groups in total. The number of thioether (sulfide) groups is 1. The van der Waals surface area contributed by atoms with Gasteiger partial charge in [0, 0.05) is 11.8 Å². The third kappa shape index (κ3) is 4.59. The van der Waals surface area contributed by atoms with Crippen LogP contribution in [0, 0.1) is 0 Å². The number of nitrogens with one attached hydrogen (secondary N) is 1. The third-order valence-electron chi connectivity index (χ3n) is 2.72. The Labute approximate surface area is 117 Å². The van der Waals surface area contributed by atoms with Crippen LogP contribution < -0.4 is 5.32 Å². The van der Waals surface area contributed by atoms with Gasteiger partial charge in [-0.15, -0.1) is 0 Å². The predicted octanol–water partition coefficient (Wildman–Crippen LogP) is 2.20. The standard InChI is InChI=1S/C14H18N2O2S/c1-2-18-13(17)8-12-10-19-14(16-12)15-9-11-6-4-3-5-7-11/h3-7,12H,2,8-10H2,1H3,(H,15,16). The van der Waals surface area contributed by atoms with E-state index in [9.17, 15) is 4.79 Å². The number of ether oxygens (including phenoxy) is 1. The largest absolute Gasteiger partial charge is 0.466 e. The van der Waals surface area contributed by atoms with E-state index in [1.807, 2.05) is 25.1 Å². The van der Waals surface area contributed by atoms with Gasteiger partial charge in [0.1, 0.15) is 0 Å². The maximum absolute atomic E-state index is 11.4. The molecular weight excluding hydrogens is 260 g/mol. The number of esters is 1. The van der Waals surface area contributed by atoms with E-state index in [-0.39, 0.29) is 12.0 Å². The highest BCUT2D eigenvalue weighted by atomic mass is 32.2. The van der Waals surface area contributed by atoms with Crippen molar-refractivity contribution >= 4 is 22.9 Å². The molecule has 5 heteroatoms. The van der Waals surface area contributed by atoms with E-state index in [0.29, 0.717) is 19.6 Å². The molecular formula is C14H18N2O2S. The second kappa shape index (κ2) is 7.19. The molecule has 2 rings (SSSR count). The van der Waals surface area contributed by atoms with Crippen molar-refractivity contribution in [2.45, 2.75) is 25.9 Å². The molecule has 19 heavy (non-hydrogen) atoms. The number of nitrogens with zero attached hydrogens (tertiary/aromatic N) is 1. The van der Waals surface area contributed by atoms with Gasteiger partial charge in [-0.1, -0.05) is 42.1 Å². The lowest BCUT2D eigenvalue weighted by Gasteiger charge is -2.08. The Morgan fingerprint density at radius 2 is 2.26 bits per heavy atom. The highest BCUT2D eigenvalue weighted by Gasteiger charge is 2.23. The minimum Gasteiger partial charge on any atom is -0.466 e. The van der Waals surface area contributed by atoms with Gasteiger partial charge in [-0.2, -0.15) is 0 Å². The number of benzene rings is 1. The molecule has 0 amide bonds. The molecule has 1 atom stereocenters. The molecule has 0 spiro atoms. The Hall–Kier alpha value is -1.49. The summed E-state index contributed by atoms with van der Waals surface area (Å²) >= 11 is 1.66. The summed E-state index contributed by atoms with van der Waals surface area (Å²) in [6.07, 6.45) is 0.408. The first-order valence-electron chi connectivity index (χ1n) is 6.41. The fourth-order valence-corrected chi connectivity index (χ4v) is 2.77. The van der Waals surface area contributed by atoms with Crippen molar-refractivity contribution in [3.8, 4) is 0 Å². The molecule has 1 unspecified atom stereocenters. The molecule has 0 saturated carbocycles. The molecule has 0 aromatic heterocycles. The fourth-order valence-electron chi connectivity index (χ4n) is 1.81. The van der Waals surface area contributed by atoms with E-state index in [1.54, 1.807) is 11.8 Å². The Kier molecular flexibility index (Phi) is 5.27. The quantitative estimate of drug-likeness (QED) is 0.839. The van der Waals surface area contributed by atoms with E-state index in [1.165, 1.54) is 5.56 Å². The zero-order valence-corrected chi connectivity index (χ0v) is 11.8. The lowest BCUT2D eigenvalue weighted by atomic mass is 10.2. The molecule has 1 aromatic rings. The van der Waals surface area contributed by atoms with Gasteiger partial charge in [-0.25, -0.2) is 0 Å². The Bertz CT molecular complexity index is 448. The fraction of sp³-hybridized carbons (Fsp3) is 0.429. The van der Waals surface area contributed by atoms with E-state index < -0.39 is 0 Å². The van der Waals surface area contributed by atoms with Crippen molar-refractivity contribution in [1.29, 1.82) is 0 Å². The van der Waals surface area contributed by atoms with Crippen molar-refractivity contribution in [3.63, 3.8) is 0 Å². The van der Waals surface area contributed by atoms with Gasteiger partial charge in [-0.05, 0) is 12.5 Å². The first kappa shape index (κ1) is 13.9. The van der Waals surface area contributed by atoms with Gasteiger partial charge in [0.15, 0.2) is 5.17 Å². The number of amidine groups is 1. The molecule has 1 aromatic carbocycles. The topological polar surface area (TPSA) is 50.7 Å². The summed E-state index contributed by atoms with van der Waals surface area (Å²) in [6.45, 7) is 2.93. The number of hydrogen-bond donors (Lipinski definition) is 1. The molecule has 0 bridgehead atoms. The molecule has 1 aliphatic heterocycles. The Balaban J connectivity index is 1.80. The highest BCUT2D eigenvalue weighted by Crippen LogP contribution is 2.17. The van der Waals surface area contributed by atoms with E-state index >= 15 is 0 Å². The average molecular weight is 278 g/mol. The van der Waals surface area contributed by atoms with Crippen molar-refractivity contribution in [1.82, 2.24) is 5.32 Å². The molecule has 0 radical (unpaired) electrons. The van der Waals surface area contributed by atoms with E-state index in [4.69, 9.17) is 4.74 Å². The average Bonchev–Trinajstić information content (AvgIpc) is 2.85. The molecule has 1 saturated heterocycles. The lowest BCUT2D eigenvalue weighted by molar-refractivity contribution is -0.143. The molecule has 1 heterocycles. The predicted molar refractivity (Wildman–Crippen MR) is 78.2 cm³/mol. The number of hydrogen-bond acceptors (Lipinski definition) is 4. The van der Waals surface area contributed by atoms with Crippen molar-refractivity contribution in [2.75, 3.05) is 12.4 Å². The lowest BCUT2D eigenvalue weighted by Crippen LogP contribution is -2.30. The Morgan fingerprint density at radius 1 is 1.47 bits per heavy atom. The second-order valence-corrected chi connectivity index (χ2v) is 5.28. The first-order valence-corrected chi connectivity index (χ1v) is 7.40. The van der Waals surface area contributed by atoms with E-state index in [2.05, 4.69) is 22.4 Å². The molecule has 1 fully saturated rings. The van der Waals surface area contributed by atoms with Crippen molar-refractivity contribution in [3.05, 3.63) is 35.9 Å². The van der Waals surface area contributed by atoms with Crippen LogP contribution >= 0.6 is 11.8 Å². The van der Waals surface area contributed by atoms with Crippen LogP contribution in [0.15, 0.2) is 35.3 Å². The van der Waals surface area contributed by atoms with Crippen LogP contribution in [-0.4, -0.2) is 29.5 Å². The molecule has 4 nitrogen and oxygen atoms in total. The van der Waals surface area contributed by atoms with Gasteiger partial charge >= 0.3 is 5.97 Å². The summed E-state index contributed by atoms with van der Waals surface area (Å²) in [5.41, 5.74) is 1.19. The highest BCUT2D eigenvalue weighted by molar-refractivity contribution is 8.14. The maximum Gasteiger partial charge on any atom is 0.307 e. The number of carbonyl (C=O) groups excluding carboxylic acids is 1. The summed E-state index contributed by atoms with van der Waals surface area (Å²) in [7, 11) is 0. The molecule has 1 aliphatic rings. The minimum absolute atomic E-state index is 0.138. The number of rotatable bonds is 5. The summed E-state index contributed by atoms with van der Waals surface area (Å²) in [5, 5.41) is 4.18. The van der Waals surface area contributed by atoms with Crippen LogP contribution in [0.4, 0.5) is 0 Å². The number of carbonyl (C=O) groups is 1. The Morgan fingerprint density at radius 3 is 3.00 bits per heavy atom. The van der Waals surface area contributed by atoms with Gasteiger partial charge in [0.25, 0.3) is 0 Å². The summed E-state index contributed by atoms with van der Waals surface area (Å²) < 4.78 is 4.94. The number of aliphatic imine (C=N–C) groups is 1. The van der Waals surface area contributed by atoms with Gasteiger partial charge < -0.3 is 10.1 Å². The van der Waals surface area contributed by atoms with Crippen molar-refractivity contribution < 1.29 is 9.53 Å². The van der Waals surface area contributed by atoms with Crippen LogP contribution in [0.25, 0.3) is 0 Å². The second-order valence-electron chi connectivity index (χ2n) is 4.27. The van der Waals surface area contributed by atoms with Crippen LogP contribution in [0.2, 0.25) is 0 Å². The summed E-state index contributed by atoms with van der Waals surface area (Å²) in [5.74, 6) is 0.719. The maximum atomic E-state index is 11.4. The van der Waals surface area contributed by atoms with Gasteiger partial charge in [0.05, 0.1) is 19.6 Å². The molecule has 102 valence electrons. The monoisotopic (exact) mass is 278 g/mol. The van der Waals surface area contributed by atoms with E-state index in [0.717, 1.165) is 10.9 Å².